The summed E-state index contributed by atoms with van der Waals surface area (Å²) in [6, 6.07) is 0. The molecule has 1 heteroatoms. The van der Waals surface area contributed by atoms with Crippen LogP contribution in [0.15, 0.2) is 23.4 Å². The second kappa shape index (κ2) is 6.63. The molecule has 0 amide bonds. The van der Waals surface area contributed by atoms with Gasteiger partial charge in [0.15, 0.2) is 0 Å². The second-order valence-electron chi connectivity index (χ2n) is 6.65. The first-order chi connectivity index (χ1) is 9.18. The molecule has 2 atom stereocenters. The fourth-order valence-corrected chi connectivity index (χ4v) is 3.67. The molecular weight excluding hydrogens is 230 g/mol. The monoisotopic (exact) mass is 261 g/mol. The molecule has 0 spiro atoms. The quantitative estimate of drug-likeness (QED) is 0.674. The van der Waals surface area contributed by atoms with E-state index in [4.69, 9.17) is 0 Å². The fraction of sp³-hybridized carbons (Fsp3) is 0.778. The lowest BCUT2D eigenvalue weighted by atomic mass is 9.93. The lowest BCUT2D eigenvalue weighted by molar-refractivity contribution is 0.493. The lowest BCUT2D eigenvalue weighted by Crippen LogP contribution is -2.14. The molecule has 0 aromatic carbocycles. The summed E-state index contributed by atoms with van der Waals surface area (Å²) in [4.78, 5) is 0. The van der Waals surface area contributed by atoms with Crippen molar-refractivity contribution in [1.29, 1.82) is 0 Å². The van der Waals surface area contributed by atoms with Crippen LogP contribution in [0.5, 0.6) is 0 Å². The predicted molar refractivity (Wildman–Crippen MR) is 84.0 cm³/mol. The molecule has 1 N–H and O–H groups in total. The zero-order valence-electron chi connectivity index (χ0n) is 13.1. The third kappa shape index (κ3) is 3.64. The molecule has 0 radical (unpaired) electrons. The molecule has 19 heavy (non-hydrogen) atoms. The topological polar surface area (TPSA) is 12.0 Å². The predicted octanol–water partition coefficient (Wildman–Crippen LogP) is 5.20. The minimum atomic E-state index is 0.470. The van der Waals surface area contributed by atoms with E-state index in [0.29, 0.717) is 5.41 Å². The second-order valence-corrected chi connectivity index (χ2v) is 6.65. The Morgan fingerprint density at radius 3 is 2.95 bits per heavy atom. The Bertz CT molecular complexity index is 353. The van der Waals surface area contributed by atoms with E-state index in [-0.39, 0.29) is 0 Å². The lowest BCUT2D eigenvalue weighted by Gasteiger charge is -2.13. The van der Waals surface area contributed by atoms with Crippen LogP contribution in [0.25, 0.3) is 0 Å². The van der Waals surface area contributed by atoms with Gasteiger partial charge in [-0.3, -0.25) is 0 Å². The number of rotatable bonds is 2. The molecule has 2 aliphatic rings. The summed E-state index contributed by atoms with van der Waals surface area (Å²) in [5, 5.41) is 3.51. The van der Waals surface area contributed by atoms with Crippen molar-refractivity contribution < 1.29 is 0 Å². The van der Waals surface area contributed by atoms with Gasteiger partial charge in [0.2, 0.25) is 0 Å². The first-order valence-electron chi connectivity index (χ1n) is 8.29. The Labute approximate surface area is 119 Å². The first-order valence-corrected chi connectivity index (χ1v) is 8.29. The Kier molecular flexibility index (Phi) is 5.13. The van der Waals surface area contributed by atoms with Crippen LogP contribution in [0.3, 0.4) is 0 Å². The van der Waals surface area contributed by atoms with Crippen LogP contribution >= 0.6 is 0 Å². The van der Waals surface area contributed by atoms with E-state index >= 15 is 0 Å². The summed E-state index contributed by atoms with van der Waals surface area (Å²) in [6.07, 6.45) is 15.5. The zero-order chi connectivity index (χ0) is 13.7. The first kappa shape index (κ1) is 14.7. The van der Waals surface area contributed by atoms with E-state index < -0.39 is 0 Å². The molecule has 0 aromatic heterocycles. The van der Waals surface area contributed by atoms with Gasteiger partial charge in [0, 0.05) is 12.0 Å². The average molecular weight is 261 g/mol. The van der Waals surface area contributed by atoms with E-state index in [2.05, 4.69) is 38.4 Å². The smallest absolute Gasteiger partial charge is 0.0152 e. The van der Waals surface area contributed by atoms with Crippen molar-refractivity contribution in [2.75, 3.05) is 6.54 Å². The van der Waals surface area contributed by atoms with E-state index in [1.54, 1.807) is 11.1 Å². The highest BCUT2D eigenvalue weighted by molar-refractivity contribution is 5.46. The molecule has 1 aliphatic heterocycles. The van der Waals surface area contributed by atoms with E-state index in [1.807, 2.05) is 0 Å². The van der Waals surface area contributed by atoms with E-state index in [1.165, 1.54) is 51.4 Å². The number of fused-ring (bicyclic) bond motifs is 1. The van der Waals surface area contributed by atoms with Gasteiger partial charge in [-0.25, -0.2) is 0 Å². The zero-order valence-corrected chi connectivity index (χ0v) is 13.1. The van der Waals surface area contributed by atoms with Gasteiger partial charge in [0.05, 0.1) is 0 Å². The minimum Gasteiger partial charge on any atom is -0.391 e. The minimum absolute atomic E-state index is 0.470. The molecule has 108 valence electrons. The van der Waals surface area contributed by atoms with Gasteiger partial charge in [0.25, 0.3) is 0 Å². The van der Waals surface area contributed by atoms with Gasteiger partial charge in [-0.05, 0) is 51.1 Å². The van der Waals surface area contributed by atoms with Crippen molar-refractivity contribution in [3.63, 3.8) is 0 Å². The normalized spacial score (nSPS) is 34.4. The Morgan fingerprint density at radius 1 is 1.32 bits per heavy atom. The van der Waals surface area contributed by atoms with Gasteiger partial charge < -0.3 is 5.32 Å². The third-order valence-corrected chi connectivity index (χ3v) is 5.30. The van der Waals surface area contributed by atoms with Gasteiger partial charge in [-0.15, -0.1) is 0 Å². The van der Waals surface area contributed by atoms with Crippen LogP contribution in [0.1, 0.15) is 72.1 Å². The maximum Gasteiger partial charge on any atom is 0.0152 e. The van der Waals surface area contributed by atoms with Crippen molar-refractivity contribution in [3.8, 4) is 0 Å². The average Bonchev–Trinajstić information content (AvgIpc) is 2.90. The number of hydrogen-bond acceptors (Lipinski definition) is 1. The number of hydrogen-bond donors (Lipinski definition) is 1. The molecule has 2 rings (SSSR count). The maximum absolute atomic E-state index is 3.51. The summed E-state index contributed by atoms with van der Waals surface area (Å²) in [5.41, 5.74) is 3.92. The molecule has 0 aromatic rings. The Balaban J connectivity index is 1.88. The Morgan fingerprint density at radius 2 is 2.16 bits per heavy atom. The van der Waals surface area contributed by atoms with Gasteiger partial charge >= 0.3 is 0 Å². The van der Waals surface area contributed by atoms with Crippen molar-refractivity contribution in [3.05, 3.63) is 23.4 Å². The van der Waals surface area contributed by atoms with Crippen molar-refractivity contribution >= 4 is 0 Å². The van der Waals surface area contributed by atoms with Crippen LogP contribution in [0.2, 0.25) is 0 Å². The fourth-order valence-electron chi connectivity index (χ4n) is 3.67. The van der Waals surface area contributed by atoms with Crippen molar-refractivity contribution in [1.82, 2.24) is 5.32 Å². The highest BCUT2D eigenvalue weighted by atomic mass is 14.8. The van der Waals surface area contributed by atoms with Crippen LogP contribution in [0, 0.1) is 11.3 Å². The van der Waals surface area contributed by atoms with Crippen molar-refractivity contribution in [2.45, 2.75) is 72.1 Å². The van der Waals surface area contributed by atoms with Crippen LogP contribution in [-0.4, -0.2) is 6.54 Å². The Hall–Kier alpha value is -0.720. The van der Waals surface area contributed by atoms with Crippen LogP contribution in [0.4, 0.5) is 0 Å². The molecule has 0 saturated carbocycles. The van der Waals surface area contributed by atoms with Crippen LogP contribution < -0.4 is 5.32 Å². The molecule has 0 bridgehead atoms. The summed E-state index contributed by atoms with van der Waals surface area (Å²) >= 11 is 0. The summed E-state index contributed by atoms with van der Waals surface area (Å²) in [7, 11) is 0. The molecule has 0 fully saturated rings. The van der Waals surface area contributed by atoms with Gasteiger partial charge in [-0.1, -0.05) is 50.3 Å². The highest BCUT2D eigenvalue weighted by Crippen LogP contribution is 2.56. The largest absolute Gasteiger partial charge is 0.391 e. The van der Waals surface area contributed by atoms with Crippen molar-refractivity contribution in [2.24, 2.45) is 11.3 Å². The molecule has 0 saturated heterocycles. The molecule has 1 unspecified atom stereocenters. The van der Waals surface area contributed by atoms with E-state index in [9.17, 15) is 0 Å². The third-order valence-electron chi connectivity index (χ3n) is 5.30. The van der Waals surface area contributed by atoms with Crippen LogP contribution in [-0.2, 0) is 0 Å². The maximum atomic E-state index is 3.51. The summed E-state index contributed by atoms with van der Waals surface area (Å²) in [6.45, 7) is 8.19. The van der Waals surface area contributed by atoms with Gasteiger partial charge in [-0.2, -0.15) is 0 Å². The van der Waals surface area contributed by atoms with E-state index in [0.717, 1.165) is 12.5 Å². The number of nitrogens with one attached hydrogen (secondary N) is 1. The molecular formula is C18H31N. The highest BCUT2D eigenvalue weighted by Gasteiger charge is 2.44. The number of allylic oxidation sites excluding steroid dienone is 3. The SMILES string of the molecule is CCC[C@@H]1/C=C\NCCC2(C)C(C)=C2CCCCC1. The molecule has 1 aliphatic carbocycles. The molecule has 1 nitrogen and oxygen atoms in total. The standard InChI is InChI=1S/C18H31N/c1-4-8-16-9-6-5-7-10-17-15(2)18(17,3)12-14-19-13-11-16/h11,13,16,19H,4-10,12,14H2,1-3H3/b13-11-/t16-,18?/m0/s1. The summed E-state index contributed by atoms with van der Waals surface area (Å²) < 4.78 is 0. The molecule has 1 heterocycles. The van der Waals surface area contributed by atoms with Gasteiger partial charge in [0.1, 0.15) is 0 Å². The summed E-state index contributed by atoms with van der Waals surface area (Å²) in [5.74, 6) is 0.796.